The third-order valence-corrected chi connectivity index (χ3v) is 4.53. The van der Waals surface area contributed by atoms with Crippen molar-refractivity contribution in [2.45, 2.75) is 18.4 Å². The summed E-state index contributed by atoms with van der Waals surface area (Å²) < 4.78 is 25.8. The Morgan fingerprint density at radius 2 is 2.22 bits per heavy atom. The Kier molecular flexibility index (Phi) is 3.22. The number of nitrogens with zero attached hydrogens (tertiary/aromatic N) is 2. The van der Waals surface area contributed by atoms with Gasteiger partial charge in [-0.25, -0.2) is 13.2 Å². The second-order valence-corrected chi connectivity index (χ2v) is 5.81. The highest BCUT2D eigenvalue weighted by molar-refractivity contribution is 7.89. The number of aryl methyl sites for hydroxylation is 1. The van der Waals surface area contributed by atoms with Crippen molar-refractivity contribution >= 4 is 16.0 Å². The molecule has 0 fully saturated rings. The minimum absolute atomic E-state index is 0.230. The molecule has 0 amide bonds. The van der Waals surface area contributed by atoms with Crippen molar-refractivity contribution in [1.82, 2.24) is 14.5 Å². The van der Waals surface area contributed by atoms with Crippen LogP contribution in [0.3, 0.4) is 0 Å². The monoisotopic (exact) mass is 271 g/mol. The summed E-state index contributed by atoms with van der Waals surface area (Å²) in [4.78, 5) is 11.1. The number of carbonyl (C=O) groups is 1. The van der Waals surface area contributed by atoms with Gasteiger partial charge < -0.3 is 5.11 Å². The normalized spacial score (nSPS) is 16.9. The molecule has 0 aromatic carbocycles. The lowest BCUT2D eigenvalue weighted by Crippen LogP contribution is -2.34. The third-order valence-electron chi connectivity index (χ3n) is 2.73. The molecule has 1 aliphatic rings. The Morgan fingerprint density at radius 1 is 1.50 bits per heavy atom. The molecule has 1 aromatic rings. The zero-order valence-corrected chi connectivity index (χ0v) is 10.6. The van der Waals surface area contributed by atoms with Crippen LogP contribution < -0.4 is 0 Å². The lowest BCUT2D eigenvalue weighted by molar-refractivity contribution is 0.0691. The highest BCUT2D eigenvalue weighted by Crippen LogP contribution is 2.21. The molecule has 7 nitrogen and oxygen atoms in total. The number of aromatic nitrogens is 2. The quantitative estimate of drug-likeness (QED) is 0.773. The van der Waals surface area contributed by atoms with E-state index < -0.39 is 21.0 Å². The molecule has 1 aromatic heterocycles. The minimum Gasteiger partial charge on any atom is -0.478 e. The van der Waals surface area contributed by atoms with E-state index in [4.69, 9.17) is 5.11 Å². The Labute approximate surface area is 104 Å². The Balaban J connectivity index is 2.47. The van der Waals surface area contributed by atoms with Crippen LogP contribution in [0, 0.1) is 6.92 Å². The van der Waals surface area contributed by atoms with E-state index in [0.29, 0.717) is 13.0 Å². The second kappa shape index (κ2) is 4.54. The van der Waals surface area contributed by atoms with Crippen molar-refractivity contribution in [3.63, 3.8) is 0 Å². The molecule has 0 saturated carbocycles. The van der Waals surface area contributed by atoms with E-state index in [0.717, 1.165) is 0 Å². The summed E-state index contributed by atoms with van der Waals surface area (Å²) in [6.45, 7) is 2.06. The number of H-pyrrole nitrogens is 1. The van der Waals surface area contributed by atoms with Crippen LogP contribution in [0.5, 0.6) is 0 Å². The predicted molar refractivity (Wildman–Crippen MR) is 62.8 cm³/mol. The molecule has 0 radical (unpaired) electrons. The summed E-state index contributed by atoms with van der Waals surface area (Å²) in [6, 6.07) is 0. The van der Waals surface area contributed by atoms with Gasteiger partial charge in [0.05, 0.1) is 0 Å². The first-order valence-corrected chi connectivity index (χ1v) is 6.82. The molecule has 0 spiro atoms. The van der Waals surface area contributed by atoms with Gasteiger partial charge in [0.1, 0.15) is 5.56 Å². The Hall–Kier alpha value is -1.67. The molecule has 98 valence electrons. The van der Waals surface area contributed by atoms with Crippen molar-refractivity contribution < 1.29 is 18.3 Å². The number of hydrogen-bond acceptors (Lipinski definition) is 4. The molecule has 2 rings (SSSR count). The van der Waals surface area contributed by atoms with Crippen molar-refractivity contribution in [2.24, 2.45) is 0 Å². The summed E-state index contributed by atoms with van der Waals surface area (Å²) in [7, 11) is -3.86. The highest BCUT2D eigenvalue weighted by Gasteiger charge is 2.33. The number of hydrogen-bond donors (Lipinski definition) is 2. The molecule has 0 aliphatic carbocycles. The number of carboxylic acid groups (broad SMARTS) is 1. The standard InChI is InChI=1S/C10H13N3O4S/c1-7-8(10(14)15)9(12-11-7)18(16,17)13-5-3-2-4-6-13/h2-3H,4-6H2,1H3,(H,11,12)(H,14,15). The van der Waals surface area contributed by atoms with Gasteiger partial charge >= 0.3 is 5.97 Å². The fraction of sp³-hybridized carbons (Fsp3) is 0.400. The molecule has 0 bridgehead atoms. The van der Waals surface area contributed by atoms with Crippen LogP contribution in [-0.2, 0) is 10.0 Å². The minimum atomic E-state index is -3.86. The van der Waals surface area contributed by atoms with Crippen molar-refractivity contribution in [3.05, 3.63) is 23.4 Å². The van der Waals surface area contributed by atoms with Gasteiger partial charge in [-0.15, -0.1) is 0 Å². The van der Waals surface area contributed by atoms with Crippen LogP contribution in [0.2, 0.25) is 0 Å². The molecule has 8 heteroatoms. The SMILES string of the molecule is Cc1[nH]nc(S(=O)(=O)N2CC=CCC2)c1C(=O)O. The maximum Gasteiger partial charge on any atom is 0.340 e. The van der Waals surface area contributed by atoms with Gasteiger partial charge in [0.25, 0.3) is 10.0 Å². The maximum absolute atomic E-state index is 12.3. The Bertz CT molecular complexity index is 603. The first-order valence-electron chi connectivity index (χ1n) is 5.38. The molecule has 18 heavy (non-hydrogen) atoms. The van der Waals surface area contributed by atoms with Crippen molar-refractivity contribution in [1.29, 1.82) is 0 Å². The fourth-order valence-electron chi connectivity index (χ4n) is 1.81. The first-order chi connectivity index (χ1) is 8.44. The molecular formula is C10H13N3O4S. The van der Waals surface area contributed by atoms with Gasteiger partial charge in [-0.3, -0.25) is 5.10 Å². The van der Waals surface area contributed by atoms with Crippen LogP contribution in [0.15, 0.2) is 17.2 Å². The largest absolute Gasteiger partial charge is 0.478 e. The average molecular weight is 271 g/mol. The summed E-state index contributed by atoms with van der Waals surface area (Å²) in [5, 5.41) is 14.7. The smallest absolute Gasteiger partial charge is 0.340 e. The number of rotatable bonds is 3. The zero-order chi connectivity index (χ0) is 13.3. The van der Waals surface area contributed by atoms with Crippen LogP contribution in [0.25, 0.3) is 0 Å². The number of nitrogens with one attached hydrogen (secondary N) is 1. The van der Waals surface area contributed by atoms with Gasteiger partial charge in [0, 0.05) is 18.8 Å². The number of aromatic amines is 1. The van der Waals surface area contributed by atoms with E-state index >= 15 is 0 Å². The zero-order valence-electron chi connectivity index (χ0n) is 9.75. The third kappa shape index (κ3) is 2.04. The summed E-state index contributed by atoms with van der Waals surface area (Å²) in [6.07, 6.45) is 4.24. The molecule has 2 N–H and O–H groups in total. The van der Waals surface area contributed by atoms with E-state index in [1.807, 2.05) is 6.08 Å². The molecule has 1 aliphatic heterocycles. The van der Waals surface area contributed by atoms with Crippen LogP contribution in [0.1, 0.15) is 22.5 Å². The summed E-state index contributed by atoms with van der Waals surface area (Å²) in [5.41, 5.74) is -0.0572. The van der Waals surface area contributed by atoms with E-state index in [1.165, 1.54) is 11.2 Å². The first kappa shape index (κ1) is 12.8. The molecule has 0 unspecified atom stereocenters. The Morgan fingerprint density at radius 3 is 2.78 bits per heavy atom. The fourth-order valence-corrected chi connectivity index (χ4v) is 3.34. The van der Waals surface area contributed by atoms with E-state index in [1.54, 1.807) is 6.08 Å². The predicted octanol–water partition coefficient (Wildman–Crippen LogP) is 0.367. The van der Waals surface area contributed by atoms with Crippen LogP contribution >= 0.6 is 0 Å². The lowest BCUT2D eigenvalue weighted by Gasteiger charge is -2.21. The van der Waals surface area contributed by atoms with E-state index in [-0.39, 0.29) is 17.8 Å². The molecule has 0 saturated heterocycles. The molecular weight excluding hydrogens is 258 g/mol. The van der Waals surface area contributed by atoms with Gasteiger partial charge in [-0.05, 0) is 13.3 Å². The van der Waals surface area contributed by atoms with E-state index in [9.17, 15) is 13.2 Å². The van der Waals surface area contributed by atoms with Gasteiger partial charge in [-0.1, -0.05) is 12.2 Å². The topological polar surface area (TPSA) is 103 Å². The second-order valence-electron chi connectivity index (χ2n) is 3.96. The van der Waals surface area contributed by atoms with E-state index in [2.05, 4.69) is 10.2 Å². The lowest BCUT2D eigenvalue weighted by atomic mass is 10.3. The van der Waals surface area contributed by atoms with Crippen LogP contribution in [0.4, 0.5) is 0 Å². The highest BCUT2D eigenvalue weighted by atomic mass is 32.2. The number of aromatic carboxylic acids is 1. The van der Waals surface area contributed by atoms with Gasteiger partial charge in [-0.2, -0.15) is 9.40 Å². The van der Waals surface area contributed by atoms with Gasteiger partial charge in [0.15, 0.2) is 0 Å². The summed E-state index contributed by atoms with van der Waals surface area (Å²) >= 11 is 0. The number of sulfonamides is 1. The average Bonchev–Trinajstić information content (AvgIpc) is 2.73. The van der Waals surface area contributed by atoms with Crippen molar-refractivity contribution in [3.8, 4) is 0 Å². The van der Waals surface area contributed by atoms with Crippen molar-refractivity contribution in [2.75, 3.05) is 13.1 Å². The maximum atomic E-state index is 12.3. The number of carboxylic acids is 1. The van der Waals surface area contributed by atoms with Gasteiger partial charge in [0.2, 0.25) is 5.03 Å². The molecule has 2 heterocycles. The van der Waals surface area contributed by atoms with Crippen LogP contribution in [-0.4, -0.2) is 47.1 Å². The molecule has 0 atom stereocenters. The summed E-state index contributed by atoms with van der Waals surface area (Å²) in [5.74, 6) is -1.30.